The van der Waals surface area contributed by atoms with Crippen LogP contribution in [0.4, 0.5) is 4.79 Å². The van der Waals surface area contributed by atoms with Gasteiger partial charge in [-0.1, -0.05) is 30.3 Å². The van der Waals surface area contributed by atoms with E-state index in [1.807, 2.05) is 6.07 Å². The van der Waals surface area contributed by atoms with Gasteiger partial charge >= 0.3 is 6.09 Å². The summed E-state index contributed by atoms with van der Waals surface area (Å²) in [6, 6.07) is 7.59. The van der Waals surface area contributed by atoms with E-state index in [0.717, 1.165) is 5.56 Å². The summed E-state index contributed by atoms with van der Waals surface area (Å²) < 4.78 is 5.02. The minimum absolute atomic E-state index is 0.000373. The second-order valence-corrected chi connectivity index (χ2v) is 7.54. The number of alkyl carbamates (subject to hydrolysis) is 1. The number of hydrogen-bond acceptors (Lipinski definition) is 6. The number of Topliss-reactive ketones (excluding diaryl/α,β-unsaturated/α-hetero) is 1. The molecule has 0 spiro atoms. The monoisotopic (exact) mass is 432 g/mol. The Kier molecular flexibility index (Phi) is 8.98. The summed E-state index contributed by atoms with van der Waals surface area (Å²) in [6.45, 7) is 3.48. The van der Waals surface area contributed by atoms with Crippen LogP contribution in [0.15, 0.2) is 30.3 Å². The second kappa shape index (κ2) is 11.7. The molecule has 1 heterocycles. The maximum atomic E-state index is 12.5. The lowest BCUT2D eigenvalue weighted by atomic mass is 9.95. The summed E-state index contributed by atoms with van der Waals surface area (Å²) in [5.74, 6) is -3.06. The summed E-state index contributed by atoms with van der Waals surface area (Å²) >= 11 is 0. The zero-order chi connectivity index (χ0) is 22.8. The minimum atomic E-state index is -1.18. The fourth-order valence-corrected chi connectivity index (χ4v) is 3.05. The highest BCUT2D eigenvalue weighted by atomic mass is 16.5. The largest absolute Gasteiger partial charge is 0.445 e. The molecule has 0 aromatic heterocycles. The molecular weight excluding hydrogens is 404 g/mol. The van der Waals surface area contributed by atoms with Gasteiger partial charge in [-0.3, -0.25) is 19.2 Å². The first-order chi connectivity index (χ1) is 14.8. The summed E-state index contributed by atoms with van der Waals surface area (Å²) in [6.07, 6.45) is -0.288. The number of carbonyl (C=O) groups is 5. The second-order valence-electron chi connectivity index (χ2n) is 7.54. The Hall–Kier alpha value is -3.43. The average molecular weight is 432 g/mol. The van der Waals surface area contributed by atoms with Crippen LogP contribution in [0, 0.1) is 5.92 Å². The molecule has 168 valence electrons. The van der Waals surface area contributed by atoms with Gasteiger partial charge in [0.15, 0.2) is 0 Å². The third-order valence-corrected chi connectivity index (χ3v) is 4.58. The van der Waals surface area contributed by atoms with Crippen LogP contribution < -0.4 is 21.3 Å². The third kappa shape index (κ3) is 8.07. The van der Waals surface area contributed by atoms with Crippen LogP contribution in [-0.4, -0.2) is 54.8 Å². The van der Waals surface area contributed by atoms with Crippen molar-refractivity contribution < 1.29 is 28.7 Å². The van der Waals surface area contributed by atoms with Crippen molar-refractivity contribution in [3.63, 3.8) is 0 Å². The normalized spacial score (nSPS) is 16.2. The van der Waals surface area contributed by atoms with Crippen LogP contribution >= 0.6 is 0 Å². The zero-order valence-electron chi connectivity index (χ0n) is 17.6. The van der Waals surface area contributed by atoms with Gasteiger partial charge in [0.25, 0.3) is 5.91 Å². The Morgan fingerprint density at radius 2 is 1.84 bits per heavy atom. The molecular formula is C21H28N4O6. The summed E-state index contributed by atoms with van der Waals surface area (Å²) in [7, 11) is 0. The highest BCUT2D eigenvalue weighted by Crippen LogP contribution is 2.16. The van der Waals surface area contributed by atoms with Gasteiger partial charge in [-0.05, 0) is 32.3 Å². The van der Waals surface area contributed by atoms with Crippen LogP contribution in [0.25, 0.3) is 0 Å². The van der Waals surface area contributed by atoms with Crippen molar-refractivity contribution in [2.75, 3.05) is 13.1 Å². The minimum Gasteiger partial charge on any atom is -0.445 e. The van der Waals surface area contributed by atoms with Crippen molar-refractivity contribution in [3.8, 4) is 0 Å². The molecule has 1 aliphatic heterocycles. The van der Waals surface area contributed by atoms with Crippen molar-refractivity contribution in [2.24, 2.45) is 5.92 Å². The van der Waals surface area contributed by atoms with E-state index in [0.29, 0.717) is 13.0 Å². The van der Waals surface area contributed by atoms with Gasteiger partial charge in [0.2, 0.25) is 17.6 Å². The van der Waals surface area contributed by atoms with Crippen molar-refractivity contribution in [1.82, 2.24) is 21.3 Å². The Morgan fingerprint density at radius 1 is 1.13 bits per heavy atom. The highest BCUT2D eigenvalue weighted by molar-refractivity contribution is 6.38. The Bertz CT molecular complexity index is 811. The molecule has 1 saturated heterocycles. The molecule has 1 aromatic rings. The van der Waals surface area contributed by atoms with E-state index in [1.165, 1.54) is 0 Å². The fraction of sp³-hybridized carbons (Fsp3) is 0.476. The number of hydrogen-bond donors (Lipinski definition) is 4. The number of ketones is 1. The van der Waals surface area contributed by atoms with Gasteiger partial charge < -0.3 is 26.0 Å². The number of nitrogens with one attached hydrogen (secondary N) is 4. The van der Waals surface area contributed by atoms with E-state index in [9.17, 15) is 24.0 Å². The lowest BCUT2D eigenvalue weighted by molar-refractivity contribution is -0.140. The van der Waals surface area contributed by atoms with E-state index >= 15 is 0 Å². The summed E-state index contributed by atoms with van der Waals surface area (Å²) in [5.41, 5.74) is 0.791. The number of ether oxygens (including phenoxy) is 1. The molecule has 2 atom stereocenters. The first-order valence-corrected chi connectivity index (χ1v) is 10.1. The predicted molar refractivity (Wildman–Crippen MR) is 111 cm³/mol. The number of carbonyl (C=O) groups excluding carboxylic acids is 5. The maximum Gasteiger partial charge on any atom is 0.407 e. The third-order valence-electron chi connectivity index (χ3n) is 4.58. The van der Waals surface area contributed by atoms with E-state index in [4.69, 9.17) is 4.74 Å². The highest BCUT2D eigenvalue weighted by Gasteiger charge is 2.34. The van der Waals surface area contributed by atoms with E-state index in [-0.39, 0.29) is 25.0 Å². The molecule has 1 aromatic carbocycles. The maximum absolute atomic E-state index is 12.5. The van der Waals surface area contributed by atoms with Crippen LogP contribution in [0.1, 0.15) is 32.3 Å². The van der Waals surface area contributed by atoms with Gasteiger partial charge in [-0.2, -0.15) is 0 Å². The molecule has 0 bridgehead atoms. The van der Waals surface area contributed by atoms with Crippen molar-refractivity contribution in [1.29, 1.82) is 0 Å². The number of rotatable bonds is 10. The summed E-state index contributed by atoms with van der Waals surface area (Å²) in [5, 5.41) is 9.89. The Morgan fingerprint density at radius 3 is 2.45 bits per heavy atom. The molecule has 0 radical (unpaired) electrons. The fourth-order valence-electron chi connectivity index (χ4n) is 3.05. The van der Waals surface area contributed by atoms with E-state index in [2.05, 4.69) is 21.3 Å². The van der Waals surface area contributed by atoms with Gasteiger partial charge in [0, 0.05) is 18.5 Å². The van der Waals surface area contributed by atoms with Gasteiger partial charge in [0.05, 0.1) is 6.04 Å². The van der Waals surface area contributed by atoms with Crippen molar-refractivity contribution in [3.05, 3.63) is 35.9 Å². The number of amides is 4. The first kappa shape index (κ1) is 23.8. The zero-order valence-corrected chi connectivity index (χ0v) is 17.6. The smallest absolute Gasteiger partial charge is 0.407 e. The Labute approximate surface area is 180 Å². The SMILES string of the molecule is CC(C)NC(=O)C(=O)[C@H](CC1CCNC1=O)NC(=O)CNC(=O)OCc1ccccc1. The topological polar surface area (TPSA) is 143 Å². The molecule has 10 nitrogen and oxygen atoms in total. The van der Waals surface area contributed by atoms with E-state index < -0.39 is 42.2 Å². The molecule has 2 rings (SSSR count). The van der Waals surface area contributed by atoms with Crippen LogP contribution in [-0.2, 0) is 30.5 Å². The van der Waals surface area contributed by atoms with Gasteiger partial charge in [0.1, 0.15) is 13.2 Å². The molecule has 4 amide bonds. The number of benzene rings is 1. The van der Waals surface area contributed by atoms with Crippen molar-refractivity contribution in [2.45, 2.75) is 45.4 Å². The lowest BCUT2D eigenvalue weighted by Gasteiger charge is -2.20. The van der Waals surface area contributed by atoms with E-state index in [1.54, 1.807) is 38.1 Å². The average Bonchev–Trinajstić information content (AvgIpc) is 3.14. The predicted octanol–water partition coefficient (Wildman–Crippen LogP) is 0.0175. The molecule has 1 fully saturated rings. The van der Waals surface area contributed by atoms with Gasteiger partial charge in [-0.25, -0.2) is 4.79 Å². The quantitative estimate of drug-likeness (QED) is 0.384. The van der Waals surface area contributed by atoms with Crippen LogP contribution in [0.2, 0.25) is 0 Å². The standard InChI is InChI=1S/C21H28N4O6/c1-13(2)24-20(29)18(27)16(10-15-8-9-22-19(15)28)25-17(26)11-23-21(30)31-12-14-6-4-3-5-7-14/h3-7,13,15-16H,8-12H2,1-2H3,(H,22,28)(H,23,30)(H,24,29)(H,25,26)/t15?,16-/m0/s1. The molecule has 1 unspecified atom stereocenters. The van der Waals surface area contributed by atoms with Gasteiger partial charge in [-0.15, -0.1) is 0 Å². The molecule has 10 heteroatoms. The van der Waals surface area contributed by atoms with Crippen LogP contribution in [0.5, 0.6) is 0 Å². The van der Waals surface area contributed by atoms with Crippen molar-refractivity contribution >= 4 is 29.6 Å². The lowest BCUT2D eigenvalue weighted by Crippen LogP contribution is -2.51. The van der Waals surface area contributed by atoms with Crippen LogP contribution in [0.3, 0.4) is 0 Å². The summed E-state index contributed by atoms with van der Waals surface area (Å²) in [4.78, 5) is 60.6. The molecule has 0 aliphatic carbocycles. The Balaban J connectivity index is 1.88. The first-order valence-electron chi connectivity index (χ1n) is 10.1. The molecule has 31 heavy (non-hydrogen) atoms. The molecule has 4 N–H and O–H groups in total. The molecule has 1 aliphatic rings. The molecule has 0 saturated carbocycles.